The maximum absolute atomic E-state index is 9.25. The number of benzene rings is 2. The average molecular weight is 372 g/mol. The second kappa shape index (κ2) is 8.49. The van der Waals surface area contributed by atoms with E-state index >= 15 is 0 Å². The van der Waals surface area contributed by atoms with E-state index in [9.17, 15) is 5.26 Å². The summed E-state index contributed by atoms with van der Waals surface area (Å²) in [5, 5.41) is 23.9. The number of nitrogens with zero attached hydrogens (tertiary/aromatic N) is 4. The Morgan fingerprint density at radius 2 is 1.57 bits per heavy atom. The molecule has 6 heteroatoms. The molecule has 0 amide bonds. The first-order valence-corrected chi connectivity index (χ1v) is 9.35. The monoisotopic (exact) mass is 372 g/mol. The van der Waals surface area contributed by atoms with E-state index in [1.54, 1.807) is 12.3 Å². The maximum Gasteiger partial charge on any atom is 0.249 e. The summed E-state index contributed by atoms with van der Waals surface area (Å²) in [7, 11) is 0. The van der Waals surface area contributed by atoms with Gasteiger partial charge in [0.1, 0.15) is 6.07 Å². The van der Waals surface area contributed by atoms with E-state index in [2.05, 4.69) is 77.8 Å². The Bertz CT molecular complexity index is 978. The lowest BCUT2D eigenvalue weighted by molar-refractivity contribution is 0.837. The number of hydrogen-bond donors (Lipinski definition) is 2. The summed E-state index contributed by atoms with van der Waals surface area (Å²) in [5.74, 6) is 1.68. The van der Waals surface area contributed by atoms with Crippen molar-refractivity contribution in [2.45, 2.75) is 39.5 Å². The van der Waals surface area contributed by atoms with Crippen molar-refractivity contribution in [2.75, 3.05) is 10.6 Å². The zero-order valence-corrected chi connectivity index (χ0v) is 16.6. The fraction of sp³-hybridized carbons (Fsp3) is 0.273. The zero-order valence-electron chi connectivity index (χ0n) is 16.6. The minimum atomic E-state index is 0.334. The molecule has 0 bridgehead atoms. The van der Waals surface area contributed by atoms with E-state index in [0.29, 0.717) is 34.9 Å². The summed E-state index contributed by atoms with van der Waals surface area (Å²) >= 11 is 0. The third-order valence-corrected chi connectivity index (χ3v) is 4.48. The van der Waals surface area contributed by atoms with Crippen LogP contribution in [0.25, 0.3) is 0 Å². The molecule has 2 N–H and O–H groups in total. The lowest BCUT2D eigenvalue weighted by atomic mass is 9.92. The standard InChI is InChI=1S/C22H24N6/c1-14(2)17-9-7-10-18(15(3)4)21(17)26-20-13-24-28-22(27-20)25-19-11-6-5-8-16(19)12-23/h5-11,13-15H,1-4H3,(H2,25,26,27,28). The van der Waals surface area contributed by atoms with Gasteiger partial charge in [-0.3, -0.25) is 0 Å². The van der Waals surface area contributed by atoms with Crippen LogP contribution < -0.4 is 10.6 Å². The first-order chi connectivity index (χ1) is 13.5. The molecule has 0 aliphatic heterocycles. The largest absolute Gasteiger partial charge is 0.338 e. The minimum absolute atomic E-state index is 0.334. The molecule has 2 aromatic carbocycles. The normalized spacial score (nSPS) is 10.8. The molecule has 0 saturated carbocycles. The van der Waals surface area contributed by atoms with Gasteiger partial charge in [0.05, 0.1) is 17.4 Å². The number of nitriles is 1. The van der Waals surface area contributed by atoms with Gasteiger partial charge in [0.25, 0.3) is 0 Å². The molecule has 142 valence electrons. The summed E-state index contributed by atoms with van der Waals surface area (Å²) in [6.45, 7) is 8.70. The predicted molar refractivity (Wildman–Crippen MR) is 112 cm³/mol. The number of nitrogens with one attached hydrogen (secondary N) is 2. The summed E-state index contributed by atoms with van der Waals surface area (Å²) in [6, 6.07) is 15.7. The van der Waals surface area contributed by atoms with Crippen molar-refractivity contribution in [1.82, 2.24) is 15.2 Å². The average Bonchev–Trinajstić information content (AvgIpc) is 2.68. The third-order valence-electron chi connectivity index (χ3n) is 4.48. The van der Waals surface area contributed by atoms with Crippen LogP contribution in [-0.2, 0) is 0 Å². The van der Waals surface area contributed by atoms with Crippen molar-refractivity contribution in [3.05, 3.63) is 65.4 Å². The number of anilines is 4. The van der Waals surface area contributed by atoms with Crippen LogP contribution in [-0.4, -0.2) is 15.2 Å². The second-order valence-corrected chi connectivity index (χ2v) is 7.19. The Balaban J connectivity index is 1.93. The van der Waals surface area contributed by atoms with Gasteiger partial charge in [-0.2, -0.15) is 15.3 Å². The Morgan fingerprint density at radius 3 is 2.21 bits per heavy atom. The molecule has 3 rings (SSSR count). The SMILES string of the molecule is CC(C)c1cccc(C(C)C)c1Nc1cnnc(Nc2ccccc2C#N)n1. The molecule has 0 aliphatic rings. The number of para-hydroxylation sites is 2. The lowest BCUT2D eigenvalue weighted by Gasteiger charge is -2.20. The summed E-state index contributed by atoms with van der Waals surface area (Å²) < 4.78 is 0. The summed E-state index contributed by atoms with van der Waals surface area (Å²) in [5.41, 5.74) is 4.70. The van der Waals surface area contributed by atoms with E-state index in [1.165, 1.54) is 11.1 Å². The molecule has 0 unspecified atom stereocenters. The van der Waals surface area contributed by atoms with Crippen molar-refractivity contribution >= 4 is 23.1 Å². The maximum atomic E-state index is 9.25. The van der Waals surface area contributed by atoms with Crippen molar-refractivity contribution in [2.24, 2.45) is 0 Å². The Labute approximate surface area is 165 Å². The van der Waals surface area contributed by atoms with Gasteiger partial charge in [0.2, 0.25) is 5.95 Å². The fourth-order valence-electron chi connectivity index (χ4n) is 3.05. The molecule has 0 aliphatic carbocycles. The van der Waals surface area contributed by atoms with E-state index in [4.69, 9.17) is 0 Å². The van der Waals surface area contributed by atoms with Crippen LogP contribution in [0.15, 0.2) is 48.7 Å². The molecular weight excluding hydrogens is 348 g/mol. The summed E-state index contributed by atoms with van der Waals surface area (Å²) in [6.07, 6.45) is 1.60. The molecule has 6 nitrogen and oxygen atoms in total. The second-order valence-electron chi connectivity index (χ2n) is 7.19. The van der Waals surface area contributed by atoms with Crippen molar-refractivity contribution in [3.63, 3.8) is 0 Å². The van der Waals surface area contributed by atoms with Crippen LogP contribution in [0.4, 0.5) is 23.1 Å². The third kappa shape index (κ3) is 4.26. The topological polar surface area (TPSA) is 86.5 Å². The van der Waals surface area contributed by atoms with Gasteiger partial charge < -0.3 is 10.6 Å². The minimum Gasteiger partial charge on any atom is -0.338 e. The molecule has 3 aromatic rings. The molecule has 0 radical (unpaired) electrons. The van der Waals surface area contributed by atoms with E-state index in [-0.39, 0.29) is 0 Å². The van der Waals surface area contributed by atoms with E-state index in [1.807, 2.05) is 18.2 Å². The van der Waals surface area contributed by atoms with Gasteiger partial charge in [0, 0.05) is 5.69 Å². The van der Waals surface area contributed by atoms with E-state index in [0.717, 1.165) is 5.69 Å². The van der Waals surface area contributed by atoms with Crippen LogP contribution in [0.1, 0.15) is 56.2 Å². The Kier molecular flexibility index (Phi) is 5.85. The molecule has 0 fully saturated rings. The van der Waals surface area contributed by atoms with Crippen LogP contribution in [0.5, 0.6) is 0 Å². The van der Waals surface area contributed by atoms with Crippen molar-refractivity contribution < 1.29 is 0 Å². The molecule has 0 atom stereocenters. The van der Waals surface area contributed by atoms with Gasteiger partial charge in [-0.05, 0) is 35.1 Å². The van der Waals surface area contributed by atoms with Crippen LogP contribution in [0.2, 0.25) is 0 Å². The van der Waals surface area contributed by atoms with Crippen LogP contribution >= 0.6 is 0 Å². The van der Waals surface area contributed by atoms with Gasteiger partial charge in [-0.25, -0.2) is 0 Å². The highest BCUT2D eigenvalue weighted by molar-refractivity contribution is 5.68. The lowest BCUT2D eigenvalue weighted by Crippen LogP contribution is -2.07. The molecule has 0 saturated heterocycles. The van der Waals surface area contributed by atoms with Gasteiger partial charge in [-0.15, -0.1) is 5.10 Å². The van der Waals surface area contributed by atoms with E-state index < -0.39 is 0 Å². The highest BCUT2D eigenvalue weighted by Gasteiger charge is 2.15. The first-order valence-electron chi connectivity index (χ1n) is 9.35. The predicted octanol–water partition coefficient (Wildman–Crippen LogP) is 5.48. The van der Waals surface area contributed by atoms with Crippen molar-refractivity contribution in [1.29, 1.82) is 5.26 Å². The molecule has 0 spiro atoms. The van der Waals surface area contributed by atoms with Gasteiger partial charge in [0.15, 0.2) is 5.82 Å². The first kappa shape index (κ1) is 19.3. The molecule has 28 heavy (non-hydrogen) atoms. The van der Waals surface area contributed by atoms with Crippen molar-refractivity contribution in [3.8, 4) is 6.07 Å². The molecular formula is C22H24N6. The van der Waals surface area contributed by atoms with Gasteiger partial charge >= 0.3 is 0 Å². The zero-order chi connectivity index (χ0) is 20.1. The number of aromatic nitrogens is 3. The Morgan fingerprint density at radius 1 is 0.893 bits per heavy atom. The smallest absolute Gasteiger partial charge is 0.249 e. The number of rotatable bonds is 6. The molecule has 1 aromatic heterocycles. The Hall–Kier alpha value is -3.46. The highest BCUT2D eigenvalue weighted by Crippen LogP contribution is 2.34. The molecule has 1 heterocycles. The van der Waals surface area contributed by atoms with Gasteiger partial charge in [-0.1, -0.05) is 58.0 Å². The quantitative estimate of drug-likeness (QED) is 0.596. The van der Waals surface area contributed by atoms with Crippen LogP contribution in [0, 0.1) is 11.3 Å². The fourth-order valence-corrected chi connectivity index (χ4v) is 3.05. The van der Waals surface area contributed by atoms with Crippen LogP contribution in [0.3, 0.4) is 0 Å². The highest BCUT2D eigenvalue weighted by atomic mass is 15.3. The number of hydrogen-bond acceptors (Lipinski definition) is 6. The summed E-state index contributed by atoms with van der Waals surface area (Å²) in [4.78, 5) is 4.53.